The Balaban J connectivity index is 1.41. The molecule has 10 heteroatoms. The molecule has 0 unspecified atom stereocenters. The lowest BCUT2D eigenvalue weighted by molar-refractivity contribution is -0.137. The summed E-state index contributed by atoms with van der Waals surface area (Å²) in [6.45, 7) is -0.426. The maximum absolute atomic E-state index is 12.6. The highest BCUT2D eigenvalue weighted by molar-refractivity contribution is 7.91. The standard InChI is InChI=1S/C17H18ClNO7S/c18-13-5-10(6-14-16(13)26-9-25-14)17(21)24-7-15(20)19(11-1-2-11)12-3-4-27(22,23)8-12/h5-6,11-12H,1-4,7-9H2/t12-/m0/s1. The van der Waals surface area contributed by atoms with Crippen LogP contribution in [0.15, 0.2) is 12.1 Å². The van der Waals surface area contributed by atoms with Crippen LogP contribution in [0, 0.1) is 0 Å². The van der Waals surface area contributed by atoms with Gasteiger partial charge in [-0.2, -0.15) is 0 Å². The average molecular weight is 416 g/mol. The van der Waals surface area contributed by atoms with Crippen molar-refractivity contribution in [2.24, 2.45) is 0 Å². The van der Waals surface area contributed by atoms with Crippen LogP contribution in [0.25, 0.3) is 0 Å². The van der Waals surface area contributed by atoms with Gasteiger partial charge in [-0.05, 0) is 31.4 Å². The third-order valence-corrected chi connectivity index (χ3v) is 6.85. The van der Waals surface area contributed by atoms with E-state index in [1.807, 2.05) is 0 Å². The maximum atomic E-state index is 12.6. The van der Waals surface area contributed by atoms with Crippen molar-refractivity contribution in [2.75, 3.05) is 24.9 Å². The van der Waals surface area contributed by atoms with E-state index >= 15 is 0 Å². The van der Waals surface area contributed by atoms with Crippen molar-refractivity contribution >= 4 is 33.3 Å². The number of benzene rings is 1. The number of rotatable bonds is 5. The third-order valence-electron chi connectivity index (χ3n) is 4.82. The fourth-order valence-corrected chi connectivity index (χ4v) is 5.40. The Morgan fingerprint density at radius 1 is 1.19 bits per heavy atom. The Kier molecular flexibility index (Phi) is 4.67. The highest BCUT2D eigenvalue weighted by atomic mass is 35.5. The molecule has 1 amide bonds. The zero-order valence-electron chi connectivity index (χ0n) is 14.4. The van der Waals surface area contributed by atoms with Crippen molar-refractivity contribution < 1.29 is 32.2 Å². The fourth-order valence-electron chi connectivity index (χ4n) is 3.42. The van der Waals surface area contributed by atoms with Crippen LogP contribution < -0.4 is 9.47 Å². The summed E-state index contributed by atoms with van der Waals surface area (Å²) in [5.41, 5.74) is 0.151. The Labute approximate surface area is 161 Å². The SMILES string of the molecule is O=C(OCC(=O)N(C1CC1)[C@H]1CCS(=O)(=O)C1)c1cc(Cl)c2c(c1)OCO2. The minimum Gasteiger partial charge on any atom is -0.454 e. The van der Waals surface area contributed by atoms with Crippen LogP contribution in [0.2, 0.25) is 5.02 Å². The summed E-state index contributed by atoms with van der Waals surface area (Å²) < 4.78 is 39.0. The van der Waals surface area contributed by atoms with Gasteiger partial charge in [-0.3, -0.25) is 4.79 Å². The van der Waals surface area contributed by atoms with E-state index in [1.54, 1.807) is 4.90 Å². The van der Waals surface area contributed by atoms with Crippen molar-refractivity contribution in [1.29, 1.82) is 0 Å². The van der Waals surface area contributed by atoms with Crippen molar-refractivity contribution in [1.82, 2.24) is 4.90 Å². The van der Waals surface area contributed by atoms with Gasteiger partial charge in [0.25, 0.3) is 5.91 Å². The van der Waals surface area contributed by atoms with Crippen LogP contribution in [0.4, 0.5) is 0 Å². The topological polar surface area (TPSA) is 99.2 Å². The number of amides is 1. The van der Waals surface area contributed by atoms with Crippen molar-refractivity contribution in [3.63, 3.8) is 0 Å². The Bertz CT molecular complexity index is 897. The van der Waals surface area contributed by atoms with Crippen LogP contribution in [0.5, 0.6) is 11.5 Å². The molecule has 0 N–H and O–H groups in total. The van der Waals surface area contributed by atoms with Crippen LogP contribution in [-0.4, -0.2) is 62.2 Å². The zero-order chi connectivity index (χ0) is 19.2. The Morgan fingerprint density at radius 3 is 2.63 bits per heavy atom. The van der Waals surface area contributed by atoms with E-state index in [0.717, 1.165) is 12.8 Å². The van der Waals surface area contributed by atoms with Crippen LogP contribution in [-0.2, 0) is 19.4 Å². The minimum atomic E-state index is -3.11. The summed E-state index contributed by atoms with van der Waals surface area (Å²) in [5.74, 6) is -0.314. The van der Waals surface area contributed by atoms with Gasteiger partial charge in [-0.1, -0.05) is 11.6 Å². The molecule has 2 aliphatic heterocycles. The zero-order valence-corrected chi connectivity index (χ0v) is 15.9. The van der Waals surface area contributed by atoms with E-state index in [-0.39, 0.29) is 46.9 Å². The van der Waals surface area contributed by atoms with Gasteiger partial charge in [0.1, 0.15) is 0 Å². The van der Waals surface area contributed by atoms with E-state index < -0.39 is 22.4 Å². The third kappa shape index (κ3) is 3.84. The molecule has 1 atom stereocenters. The largest absolute Gasteiger partial charge is 0.454 e. The second-order valence-electron chi connectivity index (χ2n) is 6.86. The second kappa shape index (κ2) is 6.87. The van der Waals surface area contributed by atoms with Crippen molar-refractivity contribution in [3.05, 3.63) is 22.7 Å². The number of halogens is 1. The number of fused-ring (bicyclic) bond motifs is 1. The predicted molar refractivity (Wildman–Crippen MR) is 94.8 cm³/mol. The van der Waals surface area contributed by atoms with Crippen LogP contribution >= 0.6 is 11.6 Å². The first kappa shape index (κ1) is 18.4. The molecule has 0 aromatic heterocycles. The molecule has 1 aliphatic carbocycles. The molecule has 2 fully saturated rings. The van der Waals surface area contributed by atoms with Crippen molar-refractivity contribution in [3.8, 4) is 11.5 Å². The summed E-state index contributed by atoms with van der Waals surface area (Å²) in [7, 11) is -3.11. The molecular formula is C17H18ClNO7S. The number of hydrogen-bond acceptors (Lipinski definition) is 7. The van der Waals surface area contributed by atoms with E-state index in [2.05, 4.69) is 0 Å². The normalized spacial score (nSPS) is 22.5. The van der Waals surface area contributed by atoms with Crippen LogP contribution in [0.1, 0.15) is 29.6 Å². The van der Waals surface area contributed by atoms with Gasteiger partial charge in [-0.25, -0.2) is 13.2 Å². The number of esters is 1. The first-order valence-corrected chi connectivity index (χ1v) is 10.8. The summed E-state index contributed by atoms with van der Waals surface area (Å²) in [6, 6.07) is 2.54. The van der Waals surface area contributed by atoms with Crippen LogP contribution in [0.3, 0.4) is 0 Å². The van der Waals surface area contributed by atoms with E-state index in [4.69, 9.17) is 25.8 Å². The van der Waals surface area contributed by atoms with Gasteiger partial charge in [-0.15, -0.1) is 0 Å². The Morgan fingerprint density at radius 2 is 1.96 bits per heavy atom. The second-order valence-corrected chi connectivity index (χ2v) is 9.49. The number of carbonyl (C=O) groups is 2. The molecule has 1 aromatic rings. The summed E-state index contributed by atoms with van der Waals surface area (Å²) in [4.78, 5) is 26.5. The van der Waals surface area contributed by atoms with E-state index in [1.165, 1.54) is 12.1 Å². The van der Waals surface area contributed by atoms with E-state index in [0.29, 0.717) is 17.9 Å². The van der Waals surface area contributed by atoms with Gasteiger partial charge in [0.2, 0.25) is 6.79 Å². The lowest BCUT2D eigenvalue weighted by Crippen LogP contribution is -2.44. The minimum absolute atomic E-state index is 0.0205. The summed E-state index contributed by atoms with van der Waals surface area (Å²) in [6.07, 6.45) is 2.11. The molecule has 1 aromatic carbocycles. The molecule has 146 valence electrons. The summed E-state index contributed by atoms with van der Waals surface area (Å²) in [5, 5.41) is 0.221. The van der Waals surface area contributed by atoms with E-state index in [9.17, 15) is 18.0 Å². The lowest BCUT2D eigenvalue weighted by atomic mass is 10.2. The maximum Gasteiger partial charge on any atom is 0.338 e. The molecule has 2 heterocycles. The number of nitrogens with zero attached hydrogens (tertiary/aromatic N) is 1. The number of ether oxygens (including phenoxy) is 3. The first-order chi connectivity index (χ1) is 12.8. The molecule has 0 radical (unpaired) electrons. The highest BCUT2D eigenvalue weighted by Gasteiger charge is 2.42. The van der Waals surface area contributed by atoms with Gasteiger partial charge in [0.05, 0.1) is 22.1 Å². The lowest BCUT2D eigenvalue weighted by Gasteiger charge is -2.28. The summed E-state index contributed by atoms with van der Waals surface area (Å²) >= 11 is 6.05. The number of carbonyl (C=O) groups excluding carboxylic acids is 2. The molecule has 0 spiro atoms. The number of hydrogen-bond donors (Lipinski definition) is 0. The van der Waals surface area contributed by atoms with Gasteiger partial charge < -0.3 is 19.1 Å². The molecule has 27 heavy (non-hydrogen) atoms. The monoisotopic (exact) mass is 415 g/mol. The Hall–Kier alpha value is -2.00. The fraction of sp³-hybridized carbons (Fsp3) is 0.529. The number of sulfone groups is 1. The quantitative estimate of drug-likeness (QED) is 0.670. The molecule has 0 bridgehead atoms. The van der Waals surface area contributed by atoms with Gasteiger partial charge >= 0.3 is 5.97 Å². The highest BCUT2D eigenvalue weighted by Crippen LogP contribution is 2.40. The van der Waals surface area contributed by atoms with Gasteiger partial charge in [0, 0.05) is 12.1 Å². The molecule has 4 rings (SSSR count). The molecule has 1 saturated carbocycles. The predicted octanol–water partition coefficient (Wildman–Crippen LogP) is 1.40. The molecule has 3 aliphatic rings. The smallest absolute Gasteiger partial charge is 0.338 e. The average Bonchev–Trinajstić information content (AvgIpc) is 3.20. The molecule has 1 saturated heterocycles. The first-order valence-electron chi connectivity index (χ1n) is 8.62. The van der Waals surface area contributed by atoms with Gasteiger partial charge in [0.15, 0.2) is 27.9 Å². The molecular weight excluding hydrogens is 398 g/mol. The molecule has 8 nitrogen and oxygen atoms in total. The van der Waals surface area contributed by atoms with Crippen molar-refractivity contribution in [2.45, 2.75) is 31.3 Å².